The molecule has 7 rings (SSSR count). The van der Waals surface area contributed by atoms with Crippen LogP contribution in [0, 0.1) is 56.7 Å². The maximum Gasteiger partial charge on any atom is 0.436 e. The molecule has 0 amide bonds. The topological polar surface area (TPSA) is 114 Å². The Hall–Kier alpha value is -3.04. The Morgan fingerprint density at radius 1 is 0.891 bits per heavy atom. The second-order valence-electron chi connectivity index (χ2n) is 17.0. The van der Waals surface area contributed by atoms with Crippen molar-refractivity contribution in [2.45, 2.75) is 112 Å². The normalized spacial score (nSPS) is 42.6. The summed E-state index contributed by atoms with van der Waals surface area (Å²) in [6.45, 7) is 19.7. The van der Waals surface area contributed by atoms with Crippen molar-refractivity contribution in [3.8, 4) is 0 Å². The van der Waals surface area contributed by atoms with Crippen molar-refractivity contribution in [2.24, 2.45) is 56.7 Å². The third-order valence-electron chi connectivity index (χ3n) is 15.1. The monoisotopic (exact) mass is 632 g/mol. The van der Waals surface area contributed by atoms with E-state index in [1.165, 1.54) is 53.1 Å². The number of allylic oxidation sites excluding steroid dienone is 1. The Bertz CT molecular complexity index is 1490. The van der Waals surface area contributed by atoms with E-state index in [1.54, 1.807) is 6.20 Å². The minimum atomic E-state index is -0.440. The van der Waals surface area contributed by atoms with Crippen LogP contribution in [0.25, 0.3) is 0 Å². The lowest BCUT2D eigenvalue weighted by Crippen LogP contribution is -2.67. The van der Waals surface area contributed by atoms with Crippen LogP contribution in [0.15, 0.2) is 37.2 Å². The van der Waals surface area contributed by atoms with Gasteiger partial charge in [0.05, 0.1) is 19.0 Å². The second-order valence-corrected chi connectivity index (χ2v) is 17.0. The van der Waals surface area contributed by atoms with Crippen LogP contribution in [0.1, 0.15) is 106 Å². The van der Waals surface area contributed by atoms with E-state index in [0.29, 0.717) is 36.2 Å². The van der Waals surface area contributed by atoms with Crippen LogP contribution in [0.3, 0.4) is 0 Å². The van der Waals surface area contributed by atoms with Gasteiger partial charge in [-0.3, -0.25) is 0 Å². The highest BCUT2D eigenvalue weighted by molar-refractivity contribution is 5.69. The molecule has 0 bridgehead atoms. The van der Waals surface area contributed by atoms with Crippen molar-refractivity contribution < 1.29 is 19.1 Å². The fraction of sp³-hybridized carbons (Fsp3) is 0.778. The molecule has 2 aromatic heterocycles. The summed E-state index contributed by atoms with van der Waals surface area (Å²) in [7, 11) is 0. The summed E-state index contributed by atoms with van der Waals surface area (Å²) in [5.41, 5.74) is 1.67. The fourth-order valence-electron chi connectivity index (χ4n) is 12.8. The van der Waals surface area contributed by atoms with E-state index >= 15 is 0 Å². The average molecular weight is 633 g/mol. The molecule has 2 aromatic rings. The van der Waals surface area contributed by atoms with Crippen molar-refractivity contribution in [3.05, 3.63) is 37.2 Å². The van der Waals surface area contributed by atoms with E-state index < -0.39 is 12.2 Å². The summed E-state index contributed by atoms with van der Waals surface area (Å²) in [4.78, 5) is 29.7. The molecule has 10 atom stereocenters. The lowest BCUT2D eigenvalue weighted by Gasteiger charge is -2.73. The molecule has 0 unspecified atom stereocenters. The van der Waals surface area contributed by atoms with E-state index in [9.17, 15) is 9.59 Å². The SMILES string of the molecule is C=C(C)[C@@H]1CC[C@]2(COC(=O)n3ccnn3)CC[C@]3(C)[C@H](CC[C@@H]4[C@@]5(C)CC[C@H](OC(=O)n6cncn6)C(C)(C)[C@@H]5CC[C@]43C)[C@@H]12. The van der Waals surface area contributed by atoms with Crippen LogP contribution in [-0.4, -0.2) is 54.7 Å². The molecule has 10 heteroatoms. The minimum absolute atomic E-state index is 0.0254. The van der Waals surface area contributed by atoms with Gasteiger partial charge in [0.15, 0.2) is 0 Å². The molecule has 5 aliphatic rings. The second kappa shape index (κ2) is 10.7. The first-order chi connectivity index (χ1) is 21.8. The Morgan fingerprint density at radius 2 is 1.70 bits per heavy atom. The number of carbonyl (C=O) groups is 2. The lowest BCUT2D eigenvalue weighted by molar-refractivity contribution is -0.249. The molecular weight excluding hydrogens is 580 g/mol. The van der Waals surface area contributed by atoms with Gasteiger partial charge in [-0.1, -0.05) is 52.0 Å². The number of hydrogen-bond donors (Lipinski definition) is 0. The summed E-state index contributed by atoms with van der Waals surface area (Å²) < 4.78 is 14.6. The zero-order valence-electron chi connectivity index (χ0n) is 28.6. The predicted octanol–water partition coefficient (Wildman–Crippen LogP) is 7.57. The van der Waals surface area contributed by atoms with Gasteiger partial charge in [0.1, 0.15) is 18.8 Å². The lowest BCUT2D eigenvalue weighted by atomic mass is 9.32. The van der Waals surface area contributed by atoms with E-state index in [-0.39, 0.29) is 33.2 Å². The van der Waals surface area contributed by atoms with Crippen LogP contribution < -0.4 is 0 Å². The molecule has 0 radical (unpaired) electrons. The summed E-state index contributed by atoms with van der Waals surface area (Å²) in [5.74, 6) is 2.54. The molecule has 0 N–H and O–H groups in total. The molecule has 10 nitrogen and oxygen atoms in total. The van der Waals surface area contributed by atoms with Gasteiger partial charge in [-0.05, 0) is 117 Å². The summed E-state index contributed by atoms with van der Waals surface area (Å²) in [5, 5.41) is 11.7. The van der Waals surface area contributed by atoms with E-state index in [0.717, 1.165) is 44.9 Å². The number of hydrogen-bond acceptors (Lipinski definition) is 8. The molecular formula is C36H52N6O4. The Labute approximate surface area is 273 Å². The van der Waals surface area contributed by atoms with Crippen LogP contribution in [0.5, 0.6) is 0 Å². The Balaban J connectivity index is 1.15. The highest BCUT2D eigenvalue weighted by Gasteiger charge is 2.71. The molecule has 0 saturated heterocycles. The third kappa shape index (κ3) is 4.40. The number of carbonyl (C=O) groups excluding carboxylic acids is 2. The van der Waals surface area contributed by atoms with Gasteiger partial charge in [-0.2, -0.15) is 9.36 Å². The molecule has 0 aliphatic heterocycles. The standard InChI is InChI=1S/C36H52N6O4/c1-23(2)24-10-15-36(20-45-30(43)41-19-18-38-40-41)17-16-34(6)25(29(24)36)8-9-27-33(5)13-12-28(46-31(44)42-22-37-21-39-42)32(3,4)26(33)11-14-35(27,34)7/h18-19,21-22,24-29H,1,8-17,20H2,2-7H3/t24-,25+,26-,27+,28-,29+,33-,34+,35+,36+/m0/s1. The molecule has 2 heterocycles. The summed E-state index contributed by atoms with van der Waals surface area (Å²) in [6.07, 6.45) is 15.9. The van der Waals surface area contributed by atoms with Gasteiger partial charge in [-0.25, -0.2) is 14.6 Å². The highest BCUT2D eigenvalue weighted by Crippen LogP contribution is 2.77. The molecule has 5 fully saturated rings. The van der Waals surface area contributed by atoms with Crippen LogP contribution in [-0.2, 0) is 9.47 Å². The number of nitrogens with zero attached hydrogens (tertiary/aromatic N) is 6. The maximum absolute atomic E-state index is 12.9. The Morgan fingerprint density at radius 3 is 2.39 bits per heavy atom. The highest BCUT2D eigenvalue weighted by atomic mass is 16.6. The largest absolute Gasteiger partial charge is 0.447 e. The fourth-order valence-corrected chi connectivity index (χ4v) is 12.8. The molecule has 5 aliphatic carbocycles. The van der Waals surface area contributed by atoms with Crippen molar-refractivity contribution in [3.63, 3.8) is 0 Å². The first-order valence-electron chi connectivity index (χ1n) is 17.5. The average Bonchev–Trinajstić information content (AvgIpc) is 3.80. The van der Waals surface area contributed by atoms with Gasteiger partial charge in [-0.15, -0.1) is 10.2 Å². The molecule has 250 valence electrons. The molecule has 5 saturated carbocycles. The summed E-state index contributed by atoms with van der Waals surface area (Å²) in [6, 6.07) is 0. The number of rotatable bonds is 4. The molecule has 0 aromatic carbocycles. The van der Waals surface area contributed by atoms with E-state index in [1.807, 2.05) is 0 Å². The van der Waals surface area contributed by atoms with Crippen molar-refractivity contribution in [1.82, 2.24) is 29.8 Å². The van der Waals surface area contributed by atoms with Gasteiger partial charge in [0.2, 0.25) is 0 Å². The first kappa shape index (κ1) is 31.6. The Kier molecular flexibility index (Phi) is 7.37. The maximum atomic E-state index is 12.9. The van der Waals surface area contributed by atoms with Gasteiger partial charge in [0.25, 0.3) is 0 Å². The zero-order valence-corrected chi connectivity index (χ0v) is 28.6. The molecule has 46 heavy (non-hydrogen) atoms. The van der Waals surface area contributed by atoms with Crippen LogP contribution in [0.4, 0.5) is 9.59 Å². The number of fused-ring (bicyclic) bond motifs is 7. The number of aromatic nitrogens is 6. The molecule has 0 spiro atoms. The van der Waals surface area contributed by atoms with Crippen LogP contribution in [0.2, 0.25) is 0 Å². The number of ether oxygens (including phenoxy) is 2. The van der Waals surface area contributed by atoms with E-state index in [4.69, 9.17) is 9.47 Å². The van der Waals surface area contributed by atoms with E-state index in [2.05, 4.69) is 68.5 Å². The minimum Gasteiger partial charge on any atom is -0.447 e. The van der Waals surface area contributed by atoms with Crippen molar-refractivity contribution in [1.29, 1.82) is 0 Å². The van der Waals surface area contributed by atoms with Crippen molar-refractivity contribution >= 4 is 12.2 Å². The van der Waals surface area contributed by atoms with Crippen LogP contribution >= 0.6 is 0 Å². The van der Waals surface area contributed by atoms with Gasteiger partial charge < -0.3 is 9.47 Å². The van der Waals surface area contributed by atoms with Gasteiger partial charge in [0, 0.05) is 10.8 Å². The predicted molar refractivity (Wildman–Crippen MR) is 171 cm³/mol. The summed E-state index contributed by atoms with van der Waals surface area (Å²) >= 11 is 0. The quantitative estimate of drug-likeness (QED) is 0.317. The third-order valence-corrected chi connectivity index (χ3v) is 15.1. The first-order valence-corrected chi connectivity index (χ1v) is 17.5. The van der Waals surface area contributed by atoms with Gasteiger partial charge >= 0.3 is 12.2 Å². The van der Waals surface area contributed by atoms with Crippen molar-refractivity contribution in [2.75, 3.05) is 6.61 Å². The zero-order chi connectivity index (χ0) is 32.7. The smallest absolute Gasteiger partial charge is 0.436 e.